The Kier molecular flexibility index (Phi) is 4.81. The van der Waals surface area contributed by atoms with Crippen LogP contribution in [0.25, 0.3) is 5.69 Å². The summed E-state index contributed by atoms with van der Waals surface area (Å²) < 4.78 is 20.1. The van der Waals surface area contributed by atoms with Crippen molar-refractivity contribution in [2.45, 2.75) is 13.3 Å². The monoisotopic (exact) mass is 386 g/mol. The van der Waals surface area contributed by atoms with E-state index in [2.05, 4.69) is 0 Å². The van der Waals surface area contributed by atoms with Gasteiger partial charge in [0.15, 0.2) is 0 Å². The number of pyridine rings is 1. The van der Waals surface area contributed by atoms with Gasteiger partial charge in [0, 0.05) is 37.0 Å². The van der Waals surface area contributed by atoms with Gasteiger partial charge in [-0.3, -0.25) is 14.2 Å². The molecule has 1 aromatic heterocycles. The number of ether oxygens (including phenoxy) is 1. The predicted octanol–water partition coefficient (Wildman–Crippen LogP) is 1.76. The smallest absolute Gasteiger partial charge is 0.268 e. The van der Waals surface area contributed by atoms with Gasteiger partial charge in [0.25, 0.3) is 11.5 Å². The second kappa shape index (κ2) is 7.14. The van der Waals surface area contributed by atoms with E-state index in [4.69, 9.17) is 4.74 Å². The Bertz CT molecular complexity index is 956. The molecule has 28 heavy (non-hydrogen) atoms. The van der Waals surface area contributed by atoms with Crippen LogP contribution in [0.1, 0.15) is 22.3 Å². The van der Waals surface area contributed by atoms with Gasteiger partial charge in [-0.05, 0) is 55.2 Å². The lowest BCUT2D eigenvalue weighted by Crippen LogP contribution is -2.43. The van der Waals surface area contributed by atoms with Gasteiger partial charge >= 0.3 is 0 Å². The zero-order chi connectivity index (χ0) is 19.9. The number of aryl methyl sites for hydroxylation is 1. The van der Waals surface area contributed by atoms with E-state index >= 15 is 0 Å². The highest BCUT2D eigenvalue weighted by Crippen LogP contribution is 2.41. The molecule has 0 aliphatic carbocycles. The molecular weight excluding hydrogens is 363 g/mol. The molecular formula is C21H23FN2O4. The topological polar surface area (TPSA) is 71.8 Å². The van der Waals surface area contributed by atoms with Gasteiger partial charge < -0.3 is 14.7 Å². The Morgan fingerprint density at radius 2 is 2.07 bits per heavy atom. The number of aliphatic hydroxyl groups excluding tert-OH is 1. The Balaban J connectivity index is 1.69. The van der Waals surface area contributed by atoms with Crippen molar-refractivity contribution in [1.82, 2.24) is 9.47 Å². The van der Waals surface area contributed by atoms with Crippen LogP contribution in [-0.4, -0.2) is 53.4 Å². The average Bonchev–Trinajstić information content (AvgIpc) is 3.09. The third kappa shape index (κ3) is 3.04. The minimum atomic E-state index is -0.452. The minimum Gasteiger partial charge on any atom is -0.396 e. The normalized spacial score (nSPS) is 24.2. The summed E-state index contributed by atoms with van der Waals surface area (Å²) >= 11 is 0. The van der Waals surface area contributed by atoms with Crippen molar-refractivity contribution in [1.29, 1.82) is 0 Å². The molecule has 0 radical (unpaired) electrons. The molecule has 1 aromatic carbocycles. The number of benzene rings is 1. The third-order valence-corrected chi connectivity index (χ3v) is 6.03. The number of carbonyl (C=O) groups excluding carboxylic acids is 1. The second-order valence-electron chi connectivity index (χ2n) is 7.77. The van der Waals surface area contributed by atoms with E-state index in [0.29, 0.717) is 37.6 Å². The van der Waals surface area contributed by atoms with Gasteiger partial charge in [-0.1, -0.05) is 0 Å². The molecule has 2 fully saturated rings. The molecule has 1 N–H and O–H groups in total. The zero-order valence-electron chi connectivity index (χ0n) is 15.7. The Morgan fingerprint density at radius 3 is 2.75 bits per heavy atom. The molecule has 2 aromatic rings. The third-order valence-electron chi connectivity index (χ3n) is 6.03. The molecule has 3 heterocycles. The van der Waals surface area contributed by atoms with Gasteiger partial charge in [0.2, 0.25) is 0 Å². The number of hydrogen-bond acceptors (Lipinski definition) is 4. The summed E-state index contributed by atoms with van der Waals surface area (Å²) in [5.74, 6) is -0.559. The fourth-order valence-electron chi connectivity index (χ4n) is 4.32. The molecule has 0 saturated carbocycles. The van der Waals surface area contributed by atoms with E-state index in [1.54, 1.807) is 24.1 Å². The number of halogens is 1. The molecule has 1 amide bonds. The van der Waals surface area contributed by atoms with Crippen molar-refractivity contribution in [3.63, 3.8) is 0 Å². The average molecular weight is 386 g/mol. The Hall–Kier alpha value is -2.51. The van der Waals surface area contributed by atoms with Gasteiger partial charge in [0.1, 0.15) is 11.4 Å². The first-order valence-corrected chi connectivity index (χ1v) is 9.41. The van der Waals surface area contributed by atoms with Gasteiger partial charge in [-0.15, -0.1) is 0 Å². The molecule has 0 unspecified atom stereocenters. The predicted molar refractivity (Wildman–Crippen MR) is 101 cm³/mol. The van der Waals surface area contributed by atoms with E-state index in [0.717, 1.165) is 6.42 Å². The second-order valence-corrected chi connectivity index (χ2v) is 7.77. The van der Waals surface area contributed by atoms with Crippen molar-refractivity contribution >= 4 is 5.91 Å². The highest BCUT2D eigenvalue weighted by Gasteiger charge is 2.49. The van der Waals surface area contributed by atoms with Gasteiger partial charge in [-0.2, -0.15) is 0 Å². The van der Waals surface area contributed by atoms with Crippen LogP contribution in [0.2, 0.25) is 0 Å². The molecule has 2 aliphatic heterocycles. The molecule has 0 spiro atoms. The largest absolute Gasteiger partial charge is 0.396 e. The lowest BCUT2D eigenvalue weighted by molar-refractivity contribution is -0.0557. The highest BCUT2D eigenvalue weighted by molar-refractivity contribution is 5.95. The summed E-state index contributed by atoms with van der Waals surface area (Å²) in [5, 5.41) is 9.93. The van der Waals surface area contributed by atoms with E-state index in [9.17, 15) is 19.1 Å². The summed E-state index contributed by atoms with van der Waals surface area (Å²) in [6, 6.07) is 7.27. The van der Waals surface area contributed by atoms with Crippen LogP contribution in [0, 0.1) is 24.1 Å². The summed E-state index contributed by atoms with van der Waals surface area (Å²) in [6.45, 7) is 3.61. The number of carbonyl (C=O) groups is 1. The SMILES string of the molecule is Cc1ccn(-c2ccc(F)cc2)c(=O)c1C(=O)N1C[C@@H]2CCOC[C@]2(CO)C1. The van der Waals surface area contributed by atoms with Crippen molar-refractivity contribution in [3.05, 3.63) is 63.8 Å². The number of hydrogen-bond donors (Lipinski definition) is 1. The lowest BCUT2D eigenvalue weighted by Gasteiger charge is -2.36. The molecule has 2 saturated heterocycles. The number of rotatable bonds is 3. The number of amides is 1. The first kappa shape index (κ1) is 18.8. The fourth-order valence-corrected chi connectivity index (χ4v) is 4.32. The summed E-state index contributed by atoms with van der Waals surface area (Å²) in [6.07, 6.45) is 2.38. The van der Waals surface area contributed by atoms with Crippen LogP contribution < -0.4 is 5.56 Å². The summed E-state index contributed by atoms with van der Waals surface area (Å²) in [4.78, 5) is 28.0. The number of aromatic nitrogens is 1. The molecule has 0 bridgehead atoms. The van der Waals surface area contributed by atoms with E-state index in [1.165, 1.54) is 28.8 Å². The first-order valence-electron chi connectivity index (χ1n) is 9.41. The maximum Gasteiger partial charge on any atom is 0.268 e. The van der Waals surface area contributed by atoms with Crippen LogP contribution in [-0.2, 0) is 4.74 Å². The quantitative estimate of drug-likeness (QED) is 0.873. The molecule has 7 heteroatoms. The first-order chi connectivity index (χ1) is 13.4. The summed E-state index contributed by atoms with van der Waals surface area (Å²) in [5.41, 5.74) is 0.320. The lowest BCUT2D eigenvalue weighted by atomic mass is 9.76. The van der Waals surface area contributed by atoms with Crippen molar-refractivity contribution in [3.8, 4) is 5.69 Å². The van der Waals surface area contributed by atoms with E-state index in [1.807, 2.05) is 0 Å². The number of nitrogens with zero attached hydrogens (tertiary/aromatic N) is 2. The van der Waals surface area contributed by atoms with Crippen LogP contribution in [0.15, 0.2) is 41.3 Å². The van der Waals surface area contributed by atoms with Crippen molar-refractivity contribution < 1.29 is 19.0 Å². The van der Waals surface area contributed by atoms with Crippen molar-refractivity contribution in [2.24, 2.45) is 11.3 Å². The fraction of sp³-hybridized carbons (Fsp3) is 0.429. The molecule has 2 aliphatic rings. The molecule has 2 atom stereocenters. The van der Waals surface area contributed by atoms with Crippen LogP contribution >= 0.6 is 0 Å². The van der Waals surface area contributed by atoms with Crippen LogP contribution in [0.4, 0.5) is 4.39 Å². The molecule has 4 rings (SSSR count). The molecule has 6 nitrogen and oxygen atoms in total. The van der Waals surface area contributed by atoms with Crippen molar-refractivity contribution in [2.75, 3.05) is 32.9 Å². The number of fused-ring (bicyclic) bond motifs is 1. The van der Waals surface area contributed by atoms with Gasteiger partial charge in [0.05, 0.1) is 13.2 Å². The maximum absolute atomic E-state index is 13.3. The zero-order valence-corrected chi connectivity index (χ0v) is 15.7. The number of aliphatic hydroxyl groups is 1. The minimum absolute atomic E-state index is 0.0466. The Labute approximate surface area is 162 Å². The van der Waals surface area contributed by atoms with Gasteiger partial charge in [-0.25, -0.2) is 4.39 Å². The Morgan fingerprint density at radius 1 is 1.32 bits per heavy atom. The summed E-state index contributed by atoms with van der Waals surface area (Å²) in [7, 11) is 0. The van der Waals surface area contributed by atoms with E-state index in [-0.39, 0.29) is 24.0 Å². The van der Waals surface area contributed by atoms with Crippen LogP contribution in [0.5, 0.6) is 0 Å². The standard InChI is InChI=1S/C21H23FN2O4/c1-14-6-8-24(17-4-2-16(22)3-5-17)20(27)18(14)19(26)23-10-15-7-9-28-13-21(15,11-23)12-25/h2-6,8,15,25H,7,9-13H2,1H3/t15-,21+/m0/s1. The molecule has 148 valence electrons. The van der Waals surface area contributed by atoms with Crippen LogP contribution in [0.3, 0.4) is 0 Å². The maximum atomic E-state index is 13.3. The number of likely N-dealkylation sites (tertiary alicyclic amines) is 1. The van der Waals surface area contributed by atoms with E-state index < -0.39 is 16.8 Å². The highest BCUT2D eigenvalue weighted by atomic mass is 19.1.